The topological polar surface area (TPSA) is 133 Å². The highest BCUT2D eigenvalue weighted by Crippen LogP contribution is 2.33. The SMILES string of the molecule is Cc1ccc(S(=O)(=O)c2ccc(S(=O)(=O)c3ccccc3)cc2NC=C2C(=O)OC(C)(C)OC2=O)cc1. The van der Waals surface area contributed by atoms with E-state index in [1.807, 2.05) is 6.92 Å². The van der Waals surface area contributed by atoms with Gasteiger partial charge in [0, 0.05) is 20.0 Å². The zero-order valence-electron chi connectivity index (χ0n) is 20.1. The van der Waals surface area contributed by atoms with Crippen LogP contribution in [0.25, 0.3) is 0 Å². The number of hydrogen-bond donors (Lipinski definition) is 1. The van der Waals surface area contributed by atoms with Crippen molar-refractivity contribution < 1.29 is 35.9 Å². The lowest BCUT2D eigenvalue weighted by Crippen LogP contribution is -2.42. The minimum absolute atomic E-state index is 0.00936. The van der Waals surface area contributed by atoms with Gasteiger partial charge >= 0.3 is 11.9 Å². The minimum atomic E-state index is -4.13. The lowest BCUT2D eigenvalue weighted by Gasteiger charge is -2.29. The molecule has 0 saturated carbocycles. The maximum absolute atomic E-state index is 13.5. The van der Waals surface area contributed by atoms with Gasteiger partial charge in [0.25, 0.3) is 5.79 Å². The largest absolute Gasteiger partial charge is 0.419 e. The summed E-state index contributed by atoms with van der Waals surface area (Å²) < 4.78 is 63.4. The van der Waals surface area contributed by atoms with E-state index in [1.165, 1.54) is 44.2 Å². The number of hydrogen-bond acceptors (Lipinski definition) is 9. The van der Waals surface area contributed by atoms with Crippen molar-refractivity contribution in [1.29, 1.82) is 0 Å². The van der Waals surface area contributed by atoms with E-state index < -0.39 is 43.0 Å². The molecule has 0 spiro atoms. The van der Waals surface area contributed by atoms with E-state index >= 15 is 0 Å². The summed E-state index contributed by atoms with van der Waals surface area (Å²) >= 11 is 0. The smallest absolute Gasteiger partial charge is 0.350 e. The minimum Gasteiger partial charge on any atom is -0.419 e. The molecule has 1 aliphatic rings. The Morgan fingerprint density at radius 1 is 0.730 bits per heavy atom. The van der Waals surface area contributed by atoms with Crippen molar-refractivity contribution in [1.82, 2.24) is 0 Å². The summed E-state index contributed by atoms with van der Waals surface area (Å²) in [6.45, 7) is 4.58. The van der Waals surface area contributed by atoms with Crippen molar-refractivity contribution in [3.05, 3.63) is 90.1 Å². The maximum atomic E-state index is 13.5. The monoisotopic (exact) mass is 541 g/mol. The molecule has 1 saturated heterocycles. The highest BCUT2D eigenvalue weighted by Gasteiger charge is 2.39. The van der Waals surface area contributed by atoms with Crippen LogP contribution in [0, 0.1) is 6.92 Å². The van der Waals surface area contributed by atoms with E-state index in [9.17, 15) is 26.4 Å². The second-order valence-corrected chi connectivity index (χ2v) is 12.5. The number of ether oxygens (including phenoxy) is 2. The van der Waals surface area contributed by atoms with Gasteiger partial charge in [-0.2, -0.15) is 0 Å². The molecule has 3 aromatic rings. The Bertz CT molecular complexity index is 1600. The normalized spacial score (nSPS) is 15.5. The predicted molar refractivity (Wildman–Crippen MR) is 133 cm³/mol. The van der Waals surface area contributed by atoms with Crippen LogP contribution in [0.15, 0.2) is 104 Å². The Labute approximate surface area is 214 Å². The van der Waals surface area contributed by atoms with Crippen molar-refractivity contribution in [2.24, 2.45) is 0 Å². The van der Waals surface area contributed by atoms with Gasteiger partial charge in [0.15, 0.2) is 5.57 Å². The second-order valence-electron chi connectivity index (χ2n) is 8.67. The molecular weight excluding hydrogens is 518 g/mol. The number of nitrogens with one attached hydrogen (secondary N) is 1. The molecule has 37 heavy (non-hydrogen) atoms. The molecule has 0 aliphatic carbocycles. The van der Waals surface area contributed by atoms with Crippen LogP contribution >= 0.6 is 0 Å². The van der Waals surface area contributed by atoms with Crippen molar-refractivity contribution in [2.75, 3.05) is 5.32 Å². The molecule has 3 aromatic carbocycles. The molecule has 0 amide bonds. The lowest BCUT2D eigenvalue weighted by molar-refractivity contribution is -0.222. The number of cyclic esters (lactones) is 2. The fourth-order valence-electron chi connectivity index (χ4n) is 3.53. The number of rotatable bonds is 6. The summed E-state index contributed by atoms with van der Waals surface area (Å²) in [4.78, 5) is 24.2. The molecule has 9 nitrogen and oxygen atoms in total. The van der Waals surface area contributed by atoms with Gasteiger partial charge in [0.1, 0.15) is 0 Å². The van der Waals surface area contributed by atoms with Gasteiger partial charge in [0.05, 0.1) is 25.3 Å². The summed E-state index contributed by atoms with van der Waals surface area (Å²) in [5, 5.41) is 2.62. The summed E-state index contributed by atoms with van der Waals surface area (Å²) in [6.07, 6.45) is 0.933. The Hall–Kier alpha value is -3.96. The number of esters is 2. The third kappa shape index (κ3) is 5.27. The molecule has 0 aromatic heterocycles. The van der Waals surface area contributed by atoms with Crippen LogP contribution in [0.1, 0.15) is 19.4 Å². The third-order valence-corrected chi connectivity index (χ3v) is 9.02. The zero-order valence-corrected chi connectivity index (χ0v) is 21.7. The van der Waals surface area contributed by atoms with E-state index in [0.29, 0.717) is 0 Å². The molecule has 1 heterocycles. The van der Waals surface area contributed by atoms with Gasteiger partial charge in [-0.05, 0) is 49.4 Å². The van der Waals surface area contributed by atoms with Crippen LogP contribution in [0.4, 0.5) is 5.69 Å². The van der Waals surface area contributed by atoms with Gasteiger partial charge in [-0.1, -0.05) is 35.9 Å². The van der Waals surface area contributed by atoms with E-state index in [0.717, 1.165) is 23.9 Å². The third-order valence-electron chi connectivity index (χ3n) is 5.42. The van der Waals surface area contributed by atoms with E-state index in [4.69, 9.17) is 9.47 Å². The number of aryl methyl sites for hydroxylation is 1. The number of carbonyl (C=O) groups excluding carboxylic acids is 2. The number of anilines is 1. The first-order valence-electron chi connectivity index (χ1n) is 11.0. The van der Waals surface area contributed by atoms with Gasteiger partial charge in [-0.25, -0.2) is 26.4 Å². The molecule has 0 atom stereocenters. The van der Waals surface area contributed by atoms with Crippen molar-refractivity contribution in [3.8, 4) is 0 Å². The molecule has 1 aliphatic heterocycles. The predicted octanol–water partition coefficient (Wildman–Crippen LogP) is 3.79. The highest BCUT2D eigenvalue weighted by molar-refractivity contribution is 7.92. The number of sulfone groups is 2. The first-order valence-corrected chi connectivity index (χ1v) is 14.0. The Kier molecular flexibility index (Phi) is 6.70. The second kappa shape index (κ2) is 9.49. The van der Waals surface area contributed by atoms with Gasteiger partial charge in [-0.3, -0.25) is 0 Å². The molecule has 0 bridgehead atoms. The molecule has 0 unspecified atom stereocenters. The average Bonchev–Trinajstić information content (AvgIpc) is 2.83. The Morgan fingerprint density at radius 3 is 1.86 bits per heavy atom. The first kappa shape index (κ1) is 26.1. The zero-order chi connectivity index (χ0) is 27.0. The summed E-state index contributed by atoms with van der Waals surface area (Å²) in [5.41, 5.74) is 0.161. The fourth-order valence-corrected chi connectivity index (χ4v) is 6.24. The maximum Gasteiger partial charge on any atom is 0.350 e. The lowest BCUT2D eigenvalue weighted by atomic mass is 10.2. The van der Waals surface area contributed by atoms with Gasteiger partial charge in [0.2, 0.25) is 19.7 Å². The molecule has 1 N–H and O–H groups in total. The van der Waals surface area contributed by atoms with Crippen molar-refractivity contribution in [3.63, 3.8) is 0 Å². The van der Waals surface area contributed by atoms with Crippen molar-refractivity contribution >= 4 is 37.3 Å². The van der Waals surface area contributed by atoms with Crippen LogP contribution in [0.3, 0.4) is 0 Å². The van der Waals surface area contributed by atoms with E-state index in [-0.39, 0.29) is 25.3 Å². The molecule has 192 valence electrons. The van der Waals surface area contributed by atoms with Gasteiger partial charge < -0.3 is 14.8 Å². The quantitative estimate of drug-likeness (QED) is 0.281. The molecule has 11 heteroatoms. The van der Waals surface area contributed by atoms with Crippen LogP contribution < -0.4 is 5.32 Å². The average molecular weight is 542 g/mol. The fraction of sp³-hybridized carbons (Fsp3) is 0.154. The Balaban J connectivity index is 1.84. The first-order chi connectivity index (χ1) is 17.3. The molecule has 4 rings (SSSR count). The highest BCUT2D eigenvalue weighted by atomic mass is 32.2. The van der Waals surface area contributed by atoms with Crippen LogP contribution in [-0.2, 0) is 38.7 Å². The van der Waals surface area contributed by atoms with Gasteiger partial charge in [-0.15, -0.1) is 0 Å². The summed E-state index contributed by atoms with van der Waals surface area (Å²) in [6, 6.07) is 17.2. The van der Waals surface area contributed by atoms with Crippen LogP contribution in [0.2, 0.25) is 0 Å². The van der Waals surface area contributed by atoms with Crippen molar-refractivity contribution in [2.45, 2.75) is 46.1 Å². The van der Waals surface area contributed by atoms with E-state index in [1.54, 1.807) is 30.3 Å². The Morgan fingerprint density at radius 2 is 1.27 bits per heavy atom. The van der Waals surface area contributed by atoms with E-state index in [2.05, 4.69) is 5.32 Å². The standard InChI is InChI=1S/C26H23NO8S2/c1-17-9-11-19(12-10-17)37(32,33)23-14-13-20(36(30,31)18-7-5-4-6-8-18)15-22(23)27-16-21-24(28)34-26(2,3)35-25(21)29/h4-16,27H,1-3H3. The molecule has 1 fully saturated rings. The number of carbonyl (C=O) groups is 2. The summed E-state index contributed by atoms with van der Waals surface area (Å²) in [7, 11) is -8.14. The molecule has 0 radical (unpaired) electrons. The number of benzene rings is 3. The summed E-state index contributed by atoms with van der Waals surface area (Å²) in [5.74, 6) is -3.43. The van der Waals surface area contributed by atoms with Crippen LogP contribution in [-0.4, -0.2) is 34.6 Å². The molecular formula is C26H23NO8S2. The van der Waals surface area contributed by atoms with Crippen LogP contribution in [0.5, 0.6) is 0 Å².